The van der Waals surface area contributed by atoms with Gasteiger partial charge in [0.25, 0.3) is 0 Å². The highest BCUT2D eigenvalue weighted by atomic mass is 16.5. The maximum atomic E-state index is 10.2. The summed E-state index contributed by atoms with van der Waals surface area (Å²) >= 11 is 0. The fraction of sp³-hybridized carbons (Fsp3) is 0.375. The van der Waals surface area contributed by atoms with Crippen LogP contribution in [-0.2, 0) is 9.59 Å². The molecule has 10 heteroatoms. The van der Waals surface area contributed by atoms with Crippen molar-refractivity contribution < 1.29 is 34.4 Å². The number of aliphatic hydroxyl groups excluding tert-OH is 1. The molecule has 3 atom stereocenters. The third-order valence-electron chi connectivity index (χ3n) is 5.57. The van der Waals surface area contributed by atoms with Gasteiger partial charge in [-0.2, -0.15) is 0 Å². The first-order valence-corrected chi connectivity index (χ1v) is 10.8. The highest BCUT2D eigenvalue weighted by Gasteiger charge is 2.37. The summed E-state index contributed by atoms with van der Waals surface area (Å²) in [7, 11) is 1.64. The number of ether oxygens (including phenoxy) is 2. The van der Waals surface area contributed by atoms with Gasteiger partial charge in [0.05, 0.1) is 31.6 Å². The van der Waals surface area contributed by atoms with Crippen molar-refractivity contribution in [3.8, 4) is 11.5 Å². The minimum atomic E-state index is -1.26. The first-order valence-electron chi connectivity index (χ1n) is 10.8. The zero-order chi connectivity index (χ0) is 24.7. The predicted octanol–water partition coefficient (Wildman–Crippen LogP) is 2.44. The van der Waals surface area contributed by atoms with Crippen molar-refractivity contribution >= 4 is 17.7 Å². The van der Waals surface area contributed by atoms with Crippen LogP contribution in [-0.4, -0.2) is 68.8 Å². The molecule has 1 aliphatic heterocycles. The summed E-state index contributed by atoms with van der Waals surface area (Å²) in [6.07, 6.45) is 8.31. The molecule has 0 radical (unpaired) electrons. The van der Waals surface area contributed by atoms with Gasteiger partial charge in [0.15, 0.2) is 11.5 Å². The number of rotatable bonds is 6. The second kappa shape index (κ2) is 11.4. The normalized spacial score (nSPS) is 20.8. The van der Waals surface area contributed by atoms with E-state index in [1.165, 1.54) is 6.33 Å². The Hall–Kier alpha value is -3.79. The maximum Gasteiger partial charge on any atom is 0.328 e. The molecule has 2 aliphatic rings. The van der Waals surface area contributed by atoms with Crippen LogP contribution in [0.25, 0.3) is 0 Å². The number of aromatic nitrogens is 2. The van der Waals surface area contributed by atoms with Crippen LogP contribution in [0.2, 0.25) is 0 Å². The first kappa shape index (κ1) is 24.8. The van der Waals surface area contributed by atoms with Crippen molar-refractivity contribution in [2.75, 3.05) is 13.7 Å². The Labute approximate surface area is 196 Å². The van der Waals surface area contributed by atoms with Gasteiger partial charge in [0, 0.05) is 41.6 Å². The van der Waals surface area contributed by atoms with E-state index >= 15 is 0 Å². The van der Waals surface area contributed by atoms with Crippen LogP contribution in [0.1, 0.15) is 48.8 Å². The van der Waals surface area contributed by atoms with Crippen molar-refractivity contribution in [1.82, 2.24) is 9.97 Å². The molecule has 0 saturated heterocycles. The fourth-order valence-electron chi connectivity index (χ4n) is 4.17. The SMILES string of the molecule is CCOc1cc2c(cc1OC)C(c1cncnc1)=N[C@@H]1CC[C@@H](O)C[C@H]21.O=C(O)/C=C/C(=O)O. The van der Waals surface area contributed by atoms with Crippen molar-refractivity contribution in [3.63, 3.8) is 0 Å². The molecule has 0 spiro atoms. The van der Waals surface area contributed by atoms with Crippen LogP contribution in [0.5, 0.6) is 11.5 Å². The van der Waals surface area contributed by atoms with Crippen LogP contribution in [0.15, 0.2) is 48.0 Å². The molecule has 0 bridgehead atoms. The molecule has 2 aromatic rings. The van der Waals surface area contributed by atoms with Gasteiger partial charge in [-0.1, -0.05) is 0 Å². The van der Waals surface area contributed by atoms with Crippen molar-refractivity contribution in [1.29, 1.82) is 0 Å². The number of methoxy groups -OCH3 is 1. The van der Waals surface area contributed by atoms with Crippen molar-refractivity contribution in [2.45, 2.75) is 44.2 Å². The van der Waals surface area contributed by atoms with E-state index in [0.29, 0.717) is 24.5 Å². The van der Waals surface area contributed by atoms with Crippen LogP contribution < -0.4 is 9.47 Å². The van der Waals surface area contributed by atoms with Crippen LogP contribution >= 0.6 is 0 Å². The molecule has 1 fully saturated rings. The Kier molecular flexibility index (Phi) is 8.31. The summed E-state index contributed by atoms with van der Waals surface area (Å²) in [4.78, 5) is 32.4. The molecule has 180 valence electrons. The number of fused-ring (bicyclic) bond motifs is 3. The van der Waals surface area contributed by atoms with Gasteiger partial charge in [0.2, 0.25) is 0 Å². The number of carboxylic acid groups (broad SMARTS) is 2. The quantitative estimate of drug-likeness (QED) is 0.542. The summed E-state index contributed by atoms with van der Waals surface area (Å²) in [5, 5.41) is 25.8. The zero-order valence-electron chi connectivity index (χ0n) is 18.9. The fourth-order valence-corrected chi connectivity index (χ4v) is 4.17. The molecule has 34 heavy (non-hydrogen) atoms. The van der Waals surface area contributed by atoms with Gasteiger partial charge in [0.1, 0.15) is 6.33 Å². The first-order chi connectivity index (χ1) is 16.3. The smallest absolute Gasteiger partial charge is 0.328 e. The Bertz CT molecular complexity index is 1070. The predicted molar refractivity (Wildman–Crippen MR) is 123 cm³/mol. The lowest BCUT2D eigenvalue weighted by Gasteiger charge is -2.37. The van der Waals surface area contributed by atoms with Gasteiger partial charge in [-0.05, 0) is 43.9 Å². The van der Waals surface area contributed by atoms with E-state index in [0.717, 1.165) is 47.4 Å². The monoisotopic (exact) mass is 469 g/mol. The van der Waals surface area contributed by atoms with E-state index in [2.05, 4.69) is 16.0 Å². The molecule has 1 aromatic heterocycles. The van der Waals surface area contributed by atoms with Crippen molar-refractivity contribution in [2.24, 2.45) is 4.99 Å². The second-order valence-corrected chi connectivity index (χ2v) is 7.78. The third kappa shape index (κ3) is 5.96. The lowest BCUT2D eigenvalue weighted by atomic mass is 9.74. The average molecular weight is 469 g/mol. The van der Waals surface area contributed by atoms with Crippen LogP contribution in [0.3, 0.4) is 0 Å². The van der Waals surface area contributed by atoms with Gasteiger partial charge in [-0.3, -0.25) is 4.99 Å². The van der Waals surface area contributed by atoms with Crippen molar-refractivity contribution in [3.05, 3.63) is 59.7 Å². The topological polar surface area (TPSA) is 151 Å². The Morgan fingerprint density at radius 3 is 2.35 bits per heavy atom. The molecule has 1 aliphatic carbocycles. The molecule has 0 unspecified atom stereocenters. The minimum Gasteiger partial charge on any atom is -0.493 e. The average Bonchev–Trinajstić information content (AvgIpc) is 2.83. The highest BCUT2D eigenvalue weighted by molar-refractivity contribution is 6.14. The van der Waals surface area contributed by atoms with Crippen LogP contribution in [0, 0.1) is 0 Å². The number of hydrogen-bond acceptors (Lipinski definition) is 8. The number of hydrogen-bond donors (Lipinski definition) is 3. The van der Waals surface area contributed by atoms with E-state index in [-0.39, 0.29) is 18.1 Å². The number of aliphatic imine (C=N–C) groups is 1. The summed E-state index contributed by atoms with van der Waals surface area (Å²) in [5.74, 6) is -0.907. The maximum absolute atomic E-state index is 10.2. The van der Waals surface area contributed by atoms with E-state index in [1.54, 1.807) is 19.5 Å². The Morgan fingerprint density at radius 2 is 1.76 bits per heavy atom. The zero-order valence-corrected chi connectivity index (χ0v) is 18.9. The number of carbonyl (C=O) groups is 2. The summed E-state index contributed by atoms with van der Waals surface area (Å²) in [5.41, 5.74) is 3.95. The molecule has 10 nitrogen and oxygen atoms in total. The molecule has 4 rings (SSSR count). The minimum absolute atomic E-state index is 0.156. The number of aliphatic hydroxyl groups is 1. The van der Waals surface area contributed by atoms with E-state index < -0.39 is 11.9 Å². The lowest BCUT2D eigenvalue weighted by Crippen LogP contribution is -2.34. The molecular weight excluding hydrogens is 442 g/mol. The molecule has 1 saturated carbocycles. The lowest BCUT2D eigenvalue weighted by molar-refractivity contribution is -0.134. The third-order valence-corrected chi connectivity index (χ3v) is 5.57. The Balaban J connectivity index is 0.000000350. The molecule has 1 aromatic carbocycles. The van der Waals surface area contributed by atoms with Gasteiger partial charge < -0.3 is 24.8 Å². The number of carboxylic acids is 2. The van der Waals surface area contributed by atoms with E-state index in [1.807, 2.05) is 13.0 Å². The molecular formula is C24H27N3O7. The number of benzene rings is 1. The second-order valence-electron chi connectivity index (χ2n) is 7.78. The molecule has 0 amide bonds. The van der Waals surface area contributed by atoms with E-state index in [9.17, 15) is 14.7 Å². The molecule has 3 N–H and O–H groups in total. The van der Waals surface area contributed by atoms with Crippen LogP contribution in [0.4, 0.5) is 0 Å². The summed E-state index contributed by atoms with van der Waals surface area (Å²) in [6, 6.07) is 4.21. The van der Waals surface area contributed by atoms with Gasteiger partial charge >= 0.3 is 11.9 Å². The summed E-state index contributed by atoms with van der Waals surface area (Å²) < 4.78 is 11.3. The number of nitrogens with zero attached hydrogens (tertiary/aromatic N) is 3. The number of aliphatic carboxylic acids is 2. The van der Waals surface area contributed by atoms with Gasteiger partial charge in [-0.25, -0.2) is 19.6 Å². The Morgan fingerprint density at radius 1 is 1.09 bits per heavy atom. The summed E-state index contributed by atoms with van der Waals surface area (Å²) in [6.45, 7) is 2.53. The van der Waals surface area contributed by atoms with Gasteiger partial charge in [-0.15, -0.1) is 0 Å². The molecule has 2 heterocycles. The van der Waals surface area contributed by atoms with E-state index in [4.69, 9.17) is 24.7 Å². The highest BCUT2D eigenvalue weighted by Crippen LogP contribution is 2.44. The standard InChI is InChI=1S/C20H23N3O3.C4H4O4/c1-3-26-19-7-14-15-6-13(24)4-5-17(15)23-20(12-9-21-11-22-10-12)16(14)8-18(19)25-2;5-3(6)1-2-4(7)8/h7-11,13,15,17,24H,3-6H2,1-2H3;1-2H,(H,5,6)(H,7,8)/b;2-1+/t13-,15-,17-;/m1./s1. The largest absolute Gasteiger partial charge is 0.493 e.